The Labute approximate surface area is 188 Å². The molecule has 2 saturated carbocycles. The Morgan fingerprint density at radius 3 is 2.55 bits per heavy atom. The molecule has 2 N–H and O–H groups in total. The lowest BCUT2D eigenvalue weighted by molar-refractivity contribution is -0.137. The van der Waals surface area contributed by atoms with Crippen LogP contribution in [-0.4, -0.2) is 26.9 Å². The molecule has 5 rings (SSSR count). The first-order valence-corrected chi connectivity index (χ1v) is 11.0. The molecule has 6 nitrogen and oxygen atoms in total. The number of aromatic nitrogens is 2. The number of halogens is 3. The highest BCUT2D eigenvalue weighted by Crippen LogP contribution is 2.39. The van der Waals surface area contributed by atoms with Crippen molar-refractivity contribution in [2.45, 2.75) is 56.3 Å². The van der Waals surface area contributed by atoms with E-state index in [1.807, 2.05) is 24.3 Å². The first-order chi connectivity index (χ1) is 15.7. The fraction of sp³-hybridized carbons (Fsp3) is 0.375. The van der Waals surface area contributed by atoms with Crippen molar-refractivity contribution < 1.29 is 22.8 Å². The molecule has 2 aliphatic carbocycles. The minimum Gasteiger partial charge on any atom is -0.342 e. The van der Waals surface area contributed by atoms with Gasteiger partial charge in [0, 0.05) is 24.6 Å². The Hall–Kier alpha value is -3.36. The van der Waals surface area contributed by atoms with E-state index in [4.69, 9.17) is 0 Å². The smallest absolute Gasteiger partial charge is 0.342 e. The van der Waals surface area contributed by atoms with Gasteiger partial charge in [-0.15, -0.1) is 0 Å². The largest absolute Gasteiger partial charge is 0.416 e. The number of para-hydroxylation sites is 2. The minimum absolute atomic E-state index is 0.0495. The lowest BCUT2D eigenvalue weighted by Crippen LogP contribution is -2.46. The van der Waals surface area contributed by atoms with Crippen molar-refractivity contribution in [2.24, 2.45) is 0 Å². The van der Waals surface area contributed by atoms with Crippen LogP contribution in [0.4, 0.5) is 18.9 Å². The van der Waals surface area contributed by atoms with Crippen LogP contribution in [0, 0.1) is 0 Å². The monoisotopic (exact) mass is 456 g/mol. The fourth-order valence-electron chi connectivity index (χ4n) is 4.12. The van der Waals surface area contributed by atoms with Crippen LogP contribution in [-0.2, 0) is 22.2 Å². The number of carbonyl (C=O) groups excluding carboxylic acids is 2. The highest BCUT2D eigenvalue weighted by molar-refractivity contribution is 6.02. The van der Waals surface area contributed by atoms with Crippen LogP contribution in [0.25, 0.3) is 11.0 Å². The van der Waals surface area contributed by atoms with E-state index in [0.29, 0.717) is 25.3 Å². The van der Waals surface area contributed by atoms with Crippen LogP contribution in [0.2, 0.25) is 0 Å². The summed E-state index contributed by atoms with van der Waals surface area (Å²) in [6.07, 6.45) is -0.787. The Kier molecular flexibility index (Phi) is 5.14. The molecule has 0 radical (unpaired) electrons. The average Bonchev–Trinajstić information content (AvgIpc) is 3.71. The van der Waals surface area contributed by atoms with E-state index < -0.39 is 23.2 Å². The number of imidazole rings is 1. The lowest BCUT2D eigenvalue weighted by Gasteiger charge is -2.18. The predicted octanol–water partition coefficient (Wildman–Crippen LogP) is 4.61. The molecule has 0 spiro atoms. The van der Waals surface area contributed by atoms with Crippen LogP contribution in [0.1, 0.15) is 49.5 Å². The van der Waals surface area contributed by atoms with Gasteiger partial charge in [-0.1, -0.05) is 18.2 Å². The van der Waals surface area contributed by atoms with Gasteiger partial charge in [0.05, 0.1) is 16.6 Å². The molecular weight excluding hydrogens is 433 g/mol. The highest BCUT2D eigenvalue weighted by Gasteiger charge is 2.51. The molecule has 2 aromatic carbocycles. The molecule has 0 aliphatic heterocycles. The Balaban J connectivity index is 1.22. The first-order valence-electron chi connectivity index (χ1n) is 11.0. The van der Waals surface area contributed by atoms with E-state index >= 15 is 0 Å². The molecule has 0 atom stereocenters. The molecule has 3 aromatic rings. The van der Waals surface area contributed by atoms with E-state index in [-0.39, 0.29) is 18.0 Å². The van der Waals surface area contributed by atoms with Gasteiger partial charge in [0.25, 0.3) is 0 Å². The maximum atomic E-state index is 12.9. The highest BCUT2D eigenvalue weighted by atomic mass is 19.4. The topological polar surface area (TPSA) is 76.0 Å². The third kappa shape index (κ3) is 4.44. The van der Waals surface area contributed by atoms with Gasteiger partial charge in [0.1, 0.15) is 11.4 Å². The maximum Gasteiger partial charge on any atom is 0.416 e. The molecular formula is C24H23F3N4O2. The number of alkyl halides is 3. The summed E-state index contributed by atoms with van der Waals surface area (Å²) in [6.45, 7) is 0. The summed E-state index contributed by atoms with van der Waals surface area (Å²) < 4.78 is 41.0. The number of carbonyl (C=O) groups is 2. The summed E-state index contributed by atoms with van der Waals surface area (Å²) in [5.41, 5.74) is 0.108. The zero-order valence-corrected chi connectivity index (χ0v) is 17.8. The number of fused-ring (bicyclic) bond motifs is 1. The average molecular weight is 456 g/mol. The summed E-state index contributed by atoms with van der Waals surface area (Å²) in [5.74, 6) is 0.0774. The van der Waals surface area contributed by atoms with E-state index in [1.54, 1.807) is 0 Å². The van der Waals surface area contributed by atoms with Crippen LogP contribution >= 0.6 is 0 Å². The van der Waals surface area contributed by atoms with Crippen molar-refractivity contribution >= 4 is 28.5 Å². The number of nitrogens with one attached hydrogen (secondary N) is 2. The van der Waals surface area contributed by atoms with Gasteiger partial charge in [0.2, 0.25) is 11.8 Å². The van der Waals surface area contributed by atoms with E-state index in [0.717, 1.165) is 41.8 Å². The zero-order chi connectivity index (χ0) is 23.2. The number of anilines is 1. The van der Waals surface area contributed by atoms with Crippen molar-refractivity contribution in [1.29, 1.82) is 0 Å². The molecule has 1 heterocycles. The molecule has 2 fully saturated rings. The molecule has 1 aromatic heterocycles. The zero-order valence-electron chi connectivity index (χ0n) is 17.8. The number of benzene rings is 2. The molecule has 33 heavy (non-hydrogen) atoms. The van der Waals surface area contributed by atoms with Crippen molar-refractivity contribution in [1.82, 2.24) is 14.9 Å². The second-order valence-electron chi connectivity index (χ2n) is 8.78. The van der Waals surface area contributed by atoms with Crippen LogP contribution in [0.3, 0.4) is 0 Å². The first kappa shape index (κ1) is 21.5. The minimum atomic E-state index is -4.50. The molecule has 0 unspecified atom stereocenters. The second kappa shape index (κ2) is 7.90. The summed E-state index contributed by atoms with van der Waals surface area (Å²) in [7, 11) is 0. The van der Waals surface area contributed by atoms with Gasteiger partial charge in [-0.2, -0.15) is 13.2 Å². The summed E-state index contributed by atoms with van der Waals surface area (Å²) in [4.78, 5) is 30.1. The predicted molar refractivity (Wildman–Crippen MR) is 117 cm³/mol. The SMILES string of the molecule is O=C(CCc1nc2ccccc2n1C1CC1)NC1(C(=O)Nc2cccc(C(F)(F)F)c2)CC1. The standard InChI is InChI=1S/C24H23F3N4O2/c25-24(26,27)15-4-3-5-16(14-15)28-22(33)23(12-13-23)30-21(32)11-10-20-29-18-6-1-2-7-19(18)31(20)17-8-9-17/h1-7,14,17H,8-13H2,(H,28,33)(H,30,32). The molecule has 2 aliphatic rings. The summed E-state index contributed by atoms with van der Waals surface area (Å²) in [6, 6.07) is 12.8. The number of hydrogen-bond acceptors (Lipinski definition) is 3. The van der Waals surface area contributed by atoms with Gasteiger partial charge in [0.15, 0.2) is 0 Å². The number of aryl methyl sites for hydroxylation is 1. The third-order valence-corrected chi connectivity index (χ3v) is 6.17. The van der Waals surface area contributed by atoms with E-state index in [2.05, 4.69) is 20.2 Å². The normalized spacial score (nSPS) is 17.1. The molecule has 2 amide bonds. The number of rotatable bonds is 7. The van der Waals surface area contributed by atoms with Crippen LogP contribution in [0.5, 0.6) is 0 Å². The number of hydrogen-bond donors (Lipinski definition) is 2. The van der Waals surface area contributed by atoms with Gasteiger partial charge in [-0.3, -0.25) is 9.59 Å². The Bertz CT molecular complexity index is 1230. The summed E-state index contributed by atoms with van der Waals surface area (Å²) in [5, 5.41) is 5.31. The van der Waals surface area contributed by atoms with Crippen molar-refractivity contribution in [2.75, 3.05) is 5.32 Å². The lowest BCUT2D eigenvalue weighted by atomic mass is 10.1. The van der Waals surface area contributed by atoms with E-state index in [1.165, 1.54) is 12.1 Å². The quantitative estimate of drug-likeness (QED) is 0.545. The Morgan fingerprint density at radius 1 is 1.09 bits per heavy atom. The molecule has 172 valence electrons. The Morgan fingerprint density at radius 2 is 1.85 bits per heavy atom. The maximum absolute atomic E-state index is 12.9. The van der Waals surface area contributed by atoms with Crippen molar-refractivity contribution in [3.63, 3.8) is 0 Å². The molecule has 0 bridgehead atoms. The second-order valence-corrected chi connectivity index (χ2v) is 8.78. The van der Waals surface area contributed by atoms with Gasteiger partial charge in [-0.25, -0.2) is 4.98 Å². The molecule has 9 heteroatoms. The summed E-state index contributed by atoms with van der Waals surface area (Å²) >= 11 is 0. The number of amides is 2. The van der Waals surface area contributed by atoms with Crippen molar-refractivity contribution in [3.05, 3.63) is 59.9 Å². The molecule has 0 saturated heterocycles. The third-order valence-electron chi connectivity index (χ3n) is 6.17. The van der Waals surface area contributed by atoms with Gasteiger partial charge >= 0.3 is 6.18 Å². The van der Waals surface area contributed by atoms with Crippen molar-refractivity contribution in [3.8, 4) is 0 Å². The van der Waals surface area contributed by atoms with Gasteiger partial charge in [-0.05, 0) is 56.0 Å². The van der Waals surface area contributed by atoms with Crippen LogP contribution in [0.15, 0.2) is 48.5 Å². The van der Waals surface area contributed by atoms with Gasteiger partial charge < -0.3 is 15.2 Å². The fourth-order valence-corrected chi connectivity index (χ4v) is 4.12. The number of nitrogens with zero attached hydrogens (tertiary/aromatic N) is 2. The van der Waals surface area contributed by atoms with E-state index in [9.17, 15) is 22.8 Å². The van der Waals surface area contributed by atoms with Crippen LogP contribution < -0.4 is 10.6 Å².